The van der Waals surface area contributed by atoms with Crippen LogP contribution in [0.3, 0.4) is 0 Å². The molecule has 1 aromatic carbocycles. The maximum atomic E-state index is 12.5. The molecule has 0 aliphatic rings. The first-order valence-corrected chi connectivity index (χ1v) is 11.9. The predicted octanol–water partition coefficient (Wildman–Crippen LogP) is 4.97. The number of nitrogens with one attached hydrogen (secondary N) is 1. The Kier molecular flexibility index (Phi) is 9.47. The van der Waals surface area contributed by atoms with Crippen molar-refractivity contribution in [2.75, 3.05) is 24.5 Å². The van der Waals surface area contributed by atoms with E-state index in [-0.39, 0.29) is 5.91 Å². The molecular formula is C25H26ClN5OS. The van der Waals surface area contributed by atoms with Crippen LogP contribution < -0.4 is 10.2 Å². The minimum Gasteiger partial charge on any atom is -0.352 e. The Morgan fingerprint density at radius 3 is 2.64 bits per heavy atom. The summed E-state index contributed by atoms with van der Waals surface area (Å²) in [4.78, 5) is 27.8. The average Bonchev–Trinajstić information content (AvgIpc) is 2.83. The van der Waals surface area contributed by atoms with Gasteiger partial charge in [-0.05, 0) is 29.8 Å². The van der Waals surface area contributed by atoms with E-state index in [1.807, 2.05) is 41.3 Å². The summed E-state index contributed by atoms with van der Waals surface area (Å²) in [6.07, 6.45) is 6.05. The van der Waals surface area contributed by atoms with E-state index in [0.717, 1.165) is 17.1 Å². The van der Waals surface area contributed by atoms with Crippen LogP contribution in [0.15, 0.2) is 85.2 Å². The first-order chi connectivity index (χ1) is 16.1. The smallest absolute Gasteiger partial charge is 0.251 e. The predicted molar refractivity (Wildman–Crippen MR) is 136 cm³/mol. The average molecular weight is 480 g/mol. The lowest BCUT2D eigenvalue weighted by Crippen LogP contribution is -2.25. The van der Waals surface area contributed by atoms with Crippen LogP contribution in [0.25, 0.3) is 0 Å². The maximum Gasteiger partial charge on any atom is 0.251 e. The number of carbonyl (C=O) groups excluding carboxylic acids is 1. The molecule has 2 aromatic heterocycles. The molecule has 0 saturated heterocycles. The van der Waals surface area contributed by atoms with E-state index < -0.39 is 0 Å². The van der Waals surface area contributed by atoms with Crippen LogP contribution in [0.2, 0.25) is 5.15 Å². The number of halogens is 1. The van der Waals surface area contributed by atoms with Crippen LogP contribution in [0.1, 0.15) is 21.6 Å². The van der Waals surface area contributed by atoms with E-state index in [4.69, 9.17) is 11.6 Å². The molecule has 0 bridgehead atoms. The van der Waals surface area contributed by atoms with Crippen molar-refractivity contribution in [1.29, 1.82) is 0 Å². The Balaban J connectivity index is 1.60. The second-order valence-electron chi connectivity index (χ2n) is 7.13. The van der Waals surface area contributed by atoms with E-state index >= 15 is 0 Å². The molecule has 0 fully saturated rings. The molecule has 2 heterocycles. The molecule has 0 atom stereocenters. The van der Waals surface area contributed by atoms with Crippen LogP contribution >= 0.6 is 23.4 Å². The van der Waals surface area contributed by atoms with Gasteiger partial charge in [0.15, 0.2) is 5.16 Å². The number of carbonyl (C=O) groups is 1. The second-order valence-corrected chi connectivity index (χ2v) is 8.46. The SMILES string of the molecule is C=CCN(CC=C)c1cc(Cl)nc(SCc2cccc(C(=O)NCCc3ccccn3)c2)n1. The first-order valence-electron chi connectivity index (χ1n) is 10.5. The molecular weight excluding hydrogens is 454 g/mol. The lowest BCUT2D eigenvalue weighted by Gasteiger charge is -2.20. The Morgan fingerprint density at radius 1 is 1.09 bits per heavy atom. The summed E-state index contributed by atoms with van der Waals surface area (Å²) in [5, 5.41) is 3.90. The number of hydrogen-bond donors (Lipinski definition) is 1. The van der Waals surface area contributed by atoms with Gasteiger partial charge in [0, 0.05) is 55.3 Å². The van der Waals surface area contributed by atoms with E-state index in [9.17, 15) is 4.79 Å². The molecule has 33 heavy (non-hydrogen) atoms. The summed E-state index contributed by atoms with van der Waals surface area (Å²) < 4.78 is 0. The van der Waals surface area contributed by atoms with Gasteiger partial charge < -0.3 is 10.2 Å². The van der Waals surface area contributed by atoms with Gasteiger partial charge in [-0.15, -0.1) is 13.2 Å². The van der Waals surface area contributed by atoms with Crippen LogP contribution in [0, 0.1) is 0 Å². The summed E-state index contributed by atoms with van der Waals surface area (Å²) in [7, 11) is 0. The third kappa shape index (κ3) is 7.73. The van der Waals surface area contributed by atoms with Crippen LogP contribution in [0.4, 0.5) is 5.82 Å². The number of thioether (sulfide) groups is 1. The summed E-state index contributed by atoms with van der Waals surface area (Å²) in [5.41, 5.74) is 2.56. The van der Waals surface area contributed by atoms with Crippen LogP contribution in [0.5, 0.6) is 0 Å². The maximum absolute atomic E-state index is 12.5. The van der Waals surface area contributed by atoms with Gasteiger partial charge in [0.2, 0.25) is 0 Å². The van der Waals surface area contributed by atoms with E-state index in [1.165, 1.54) is 11.8 Å². The zero-order chi connectivity index (χ0) is 23.5. The normalized spacial score (nSPS) is 10.5. The fourth-order valence-corrected chi connectivity index (χ4v) is 4.11. The molecule has 0 unspecified atom stereocenters. The van der Waals surface area contributed by atoms with Crippen molar-refractivity contribution >= 4 is 35.1 Å². The highest BCUT2D eigenvalue weighted by Crippen LogP contribution is 2.25. The number of pyridine rings is 1. The van der Waals surface area contributed by atoms with Crippen molar-refractivity contribution in [1.82, 2.24) is 20.3 Å². The van der Waals surface area contributed by atoms with Crippen molar-refractivity contribution < 1.29 is 4.79 Å². The Labute approximate surface area is 203 Å². The van der Waals surface area contributed by atoms with E-state index in [1.54, 1.807) is 30.5 Å². The van der Waals surface area contributed by atoms with Gasteiger partial charge in [-0.2, -0.15) is 0 Å². The van der Waals surface area contributed by atoms with Crippen molar-refractivity contribution in [2.45, 2.75) is 17.3 Å². The summed E-state index contributed by atoms with van der Waals surface area (Å²) in [6.45, 7) is 9.36. The van der Waals surface area contributed by atoms with Crippen molar-refractivity contribution in [3.05, 3.63) is 102 Å². The molecule has 0 radical (unpaired) electrons. The quantitative estimate of drug-likeness (QED) is 0.171. The molecule has 1 amide bonds. The molecule has 0 spiro atoms. The molecule has 3 aromatic rings. The number of anilines is 1. The third-order valence-corrected chi connectivity index (χ3v) is 5.75. The van der Waals surface area contributed by atoms with Crippen LogP contribution in [-0.4, -0.2) is 40.5 Å². The summed E-state index contributed by atoms with van der Waals surface area (Å²) in [5.74, 6) is 1.22. The molecule has 6 nitrogen and oxygen atoms in total. The summed E-state index contributed by atoms with van der Waals surface area (Å²) >= 11 is 7.70. The van der Waals surface area contributed by atoms with Gasteiger partial charge in [0.05, 0.1) is 0 Å². The Bertz CT molecular complexity index is 1080. The third-order valence-electron chi connectivity index (χ3n) is 4.63. The lowest BCUT2D eigenvalue weighted by atomic mass is 10.1. The summed E-state index contributed by atoms with van der Waals surface area (Å²) in [6, 6.07) is 15.0. The van der Waals surface area contributed by atoms with Gasteiger partial charge in [-0.1, -0.05) is 53.7 Å². The number of benzene rings is 1. The van der Waals surface area contributed by atoms with Gasteiger partial charge >= 0.3 is 0 Å². The lowest BCUT2D eigenvalue weighted by molar-refractivity contribution is 0.0954. The molecule has 1 N–H and O–H groups in total. The Morgan fingerprint density at radius 2 is 1.91 bits per heavy atom. The second kappa shape index (κ2) is 12.8. The largest absolute Gasteiger partial charge is 0.352 e. The topological polar surface area (TPSA) is 71.0 Å². The molecule has 8 heteroatoms. The highest BCUT2D eigenvalue weighted by atomic mass is 35.5. The van der Waals surface area contributed by atoms with Crippen molar-refractivity contribution in [3.63, 3.8) is 0 Å². The highest BCUT2D eigenvalue weighted by molar-refractivity contribution is 7.98. The number of hydrogen-bond acceptors (Lipinski definition) is 6. The molecule has 0 aliphatic heterocycles. The van der Waals surface area contributed by atoms with E-state index in [2.05, 4.69) is 33.4 Å². The molecule has 3 rings (SSSR count). The van der Waals surface area contributed by atoms with Gasteiger partial charge in [-0.3, -0.25) is 9.78 Å². The number of aromatic nitrogens is 3. The minimum atomic E-state index is -0.108. The fraction of sp³-hybridized carbons (Fsp3) is 0.200. The van der Waals surface area contributed by atoms with Gasteiger partial charge in [0.1, 0.15) is 11.0 Å². The highest BCUT2D eigenvalue weighted by Gasteiger charge is 2.11. The number of nitrogens with zero attached hydrogens (tertiary/aromatic N) is 4. The molecule has 0 saturated carbocycles. The standard InChI is InChI=1S/C25H26ClN5OS/c1-3-14-31(15-4-2)23-17-22(26)29-25(30-23)33-18-19-8-7-9-20(16-19)24(32)28-13-11-21-10-5-6-12-27-21/h3-10,12,16-17H,1-2,11,13-15,18H2,(H,28,32). The van der Waals surface area contributed by atoms with E-state index in [0.29, 0.717) is 47.7 Å². The zero-order valence-electron chi connectivity index (χ0n) is 18.3. The Hall–Kier alpha value is -3.16. The fourth-order valence-electron chi connectivity index (χ4n) is 3.09. The molecule has 170 valence electrons. The minimum absolute atomic E-state index is 0.108. The zero-order valence-corrected chi connectivity index (χ0v) is 19.9. The van der Waals surface area contributed by atoms with Crippen LogP contribution in [-0.2, 0) is 12.2 Å². The number of rotatable bonds is 12. The van der Waals surface area contributed by atoms with Crippen molar-refractivity contribution in [3.8, 4) is 0 Å². The number of amides is 1. The first kappa shape index (κ1) is 24.5. The van der Waals surface area contributed by atoms with Crippen molar-refractivity contribution in [2.24, 2.45) is 0 Å². The monoisotopic (exact) mass is 479 g/mol. The van der Waals surface area contributed by atoms with Gasteiger partial charge in [0.25, 0.3) is 5.91 Å². The van der Waals surface area contributed by atoms with Gasteiger partial charge in [-0.25, -0.2) is 9.97 Å². The molecule has 0 aliphatic carbocycles.